The summed E-state index contributed by atoms with van der Waals surface area (Å²) in [5.41, 5.74) is 0. The molecule has 0 bridgehead atoms. The summed E-state index contributed by atoms with van der Waals surface area (Å²) in [5.74, 6) is 0. The van der Waals surface area contributed by atoms with Crippen molar-refractivity contribution in [1.29, 1.82) is 0 Å². The molecule has 0 aliphatic heterocycles. The Bertz CT molecular complexity index is 319. The Morgan fingerprint density at radius 2 is 1.33 bits per heavy atom. The Kier molecular flexibility index (Phi) is 18.1. The van der Waals surface area contributed by atoms with Gasteiger partial charge in [0.15, 0.2) is 0 Å². The van der Waals surface area contributed by atoms with Crippen molar-refractivity contribution in [3.63, 3.8) is 0 Å². The summed E-state index contributed by atoms with van der Waals surface area (Å²) >= 11 is 0. The van der Waals surface area contributed by atoms with Gasteiger partial charge in [-0.2, -0.15) is 8.42 Å². The number of hydrogen-bond acceptors (Lipinski definition) is 6. The summed E-state index contributed by atoms with van der Waals surface area (Å²) in [4.78, 5) is 0. The first-order valence-corrected chi connectivity index (χ1v) is 8.75. The summed E-state index contributed by atoms with van der Waals surface area (Å²) in [6, 6.07) is 0. The molecule has 0 rings (SSSR count). The Labute approximate surface area is 152 Å². The molecule has 0 saturated heterocycles. The SMILES string of the molecule is CCCCCCCCCCCCOS(=O)(=O)OB(O)O.[H-].[Na+]. The van der Waals surface area contributed by atoms with Crippen molar-refractivity contribution in [3.8, 4) is 0 Å². The summed E-state index contributed by atoms with van der Waals surface area (Å²) in [5, 5.41) is 16.7. The average Bonchev–Trinajstić information content (AvgIpc) is 2.34. The molecule has 2 N–H and O–H groups in total. The quantitative estimate of drug-likeness (QED) is 0.321. The van der Waals surface area contributed by atoms with Crippen LogP contribution >= 0.6 is 0 Å². The van der Waals surface area contributed by atoms with Crippen LogP contribution in [0.1, 0.15) is 72.6 Å². The fourth-order valence-electron chi connectivity index (χ4n) is 1.88. The van der Waals surface area contributed by atoms with E-state index >= 15 is 0 Å². The van der Waals surface area contributed by atoms with E-state index in [4.69, 9.17) is 10.0 Å². The van der Waals surface area contributed by atoms with E-state index in [0.29, 0.717) is 6.42 Å². The van der Waals surface area contributed by atoms with Gasteiger partial charge in [0.05, 0.1) is 6.61 Å². The van der Waals surface area contributed by atoms with Gasteiger partial charge in [-0.3, -0.25) is 0 Å². The minimum Gasteiger partial charge on any atom is -1.00 e. The smallest absolute Gasteiger partial charge is 1.00 e. The van der Waals surface area contributed by atoms with Crippen LogP contribution in [0.5, 0.6) is 0 Å². The molecule has 0 aliphatic rings. The topological polar surface area (TPSA) is 93.1 Å². The van der Waals surface area contributed by atoms with E-state index in [0.717, 1.165) is 19.3 Å². The van der Waals surface area contributed by atoms with Gasteiger partial charge in [0.25, 0.3) is 0 Å². The second-order valence-electron chi connectivity index (χ2n) is 4.83. The van der Waals surface area contributed by atoms with E-state index in [9.17, 15) is 8.42 Å². The normalized spacial score (nSPS) is 11.2. The molecule has 122 valence electrons. The van der Waals surface area contributed by atoms with Crippen LogP contribution in [0.2, 0.25) is 0 Å². The van der Waals surface area contributed by atoms with Crippen molar-refractivity contribution >= 4 is 17.7 Å². The summed E-state index contributed by atoms with van der Waals surface area (Å²) < 4.78 is 30.1. The van der Waals surface area contributed by atoms with Crippen molar-refractivity contribution in [2.45, 2.75) is 71.1 Å². The van der Waals surface area contributed by atoms with E-state index in [2.05, 4.69) is 15.2 Å². The van der Waals surface area contributed by atoms with Crippen molar-refractivity contribution in [2.24, 2.45) is 0 Å². The summed E-state index contributed by atoms with van der Waals surface area (Å²) in [6.07, 6.45) is 11.4. The number of unbranched alkanes of at least 4 members (excludes halogenated alkanes) is 9. The van der Waals surface area contributed by atoms with Gasteiger partial charge in [-0.05, 0) is 6.42 Å². The first kappa shape index (κ1) is 24.1. The van der Waals surface area contributed by atoms with Crippen LogP contribution in [0.25, 0.3) is 0 Å². The molecule has 0 radical (unpaired) electrons. The fraction of sp³-hybridized carbons (Fsp3) is 1.00. The van der Waals surface area contributed by atoms with Gasteiger partial charge in [0, 0.05) is 0 Å². The maximum Gasteiger partial charge on any atom is 1.00 e. The van der Waals surface area contributed by atoms with Crippen LogP contribution in [0.4, 0.5) is 0 Å². The van der Waals surface area contributed by atoms with E-state index in [1.807, 2.05) is 0 Å². The van der Waals surface area contributed by atoms with Crippen molar-refractivity contribution in [2.75, 3.05) is 6.61 Å². The second kappa shape index (κ2) is 15.7. The molecule has 9 heteroatoms. The van der Waals surface area contributed by atoms with E-state index < -0.39 is 17.7 Å². The Morgan fingerprint density at radius 1 is 0.905 bits per heavy atom. The number of hydrogen-bond donors (Lipinski definition) is 2. The van der Waals surface area contributed by atoms with Crippen LogP contribution in [0.15, 0.2) is 0 Å². The van der Waals surface area contributed by atoms with Crippen LogP contribution in [-0.2, 0) is 18.7 Å². The van der Waals surface area contributed by atoms with Crippen LogP contribution in [-0.4, -0.2) is 32.4 Å². The zero-order valence-corrected chi connectivity index (χ0v) is 16.1. The Morgan fingerprint density at radius 3 is 1.76 bits per heavy atom. The fourth-order valence-corrected chi connectivity index (χ4v) is 2.47. The third kappa shape index (κ3) is 18.8. The molecule has 0 heterocycles. The van der Waals surface area contributed by atoms with Gasteiger partial charge in [-0.1, -0.05) is 64.7 Å². The minimum absolute atomic E-state index is 0. The maximum atomic E-state index is 10.9. The molecule has 0 aliphatic carbocycles. The second-order valence-corrected chi connectivity index (χ2v) is 6.08. The predicted molar refractivity (Wildman–Crippen MR) is 79.1 cm³/mol. The minimum atomic E-state index is -4.29. The zero-order valence-electron chi connectivity index (χ0n) is 14.3. The standard InChI is InChI=1S/C12H27BO6S.Na.H/c1-2-3-4-5-6-7-8-9-10-11-12-18-20(16,17)19-13(14)15;;/h14-15H,2-12H2,1H3;;/q;+1;-1. The predicted octanol–water partition coefficient (Wildman–Crippen LogP) is -0.729. The Balaban J connectivity index is -0.00000180. The van der Waals surface area contributed by atoms with E-state index in [1.165, 1.54) is 38.5 Å². The molecule has 0 spiro atoms. The first-order chi connectivity index (χ1) is 9.48. The molecule has 0 aromatic carbocycles. The Hall–Kier alpha value is 0.855. The molecule has 0 saturated carbocycles. The molecule has 0 aromatic rings. The van der Waals surface area contributed by atoms with Gasteiger partial charge in [-0.25, -0.2) is 8.28 Å². The molecule has 21 heavy (non-hydrogen) atoms. The molecule has 0 aromatic heterocycles. The molecule has 6 nitrogen and oxygen atoms in total. The monoisotopic (exact) mass is 334 g/mol. The third-order valence-electron chi connectivity index (χ3n) is 2.93. The van der Waals surface area contributed by atoms with E-state index in [1.54, 1.807) is 0 Å². The third-order valence-corrected chi connectivity index (χ3v) is 3.79. The van der Waals surface area contributed by atoms with Crippen molar-refractivity contribution in [3.05, 3.63) is 0 Å². The van der Waals surface area contributed by atoms with Gasteiger partial charge in [-0.15, -0.1) is 0 Å². The van der Waals surface area contributed by atoms with Gasteiger partial charge in [0.1, 0.15) is 0 Å². The molecule has 0 atom stereocenters. The summed E-state index contributed by atoms with van der Waals surface area (Å²) in [6.45, 7) is 2.21. The van der Waals surface area contributed by atoms with Gasteiger partial charge < -0.3 is 11.5 Å². The van der Waals surface area contributed by atoms with Crippen molar-refractivity contribution in [1.82, 2.24) is 0 Å². The van der Waals surface area contributed by atoms with Gasteiger partial charge in [0.2, 0.25) is 0 Å². The van der Waals surface area contributed by atoms with Crippen LogP contribution in [0.3, 0.4) is 0 Å². The zero-order chi connectivity index (χ0) is 15.3. The molecular weight excluding hydrogens is 306 g/mol. The van der Waals surface area contributed by atoms with Gasteiger partial charge >= 0.3 is 47.3 Å². The van der Waals surface area contributed by atoms with Crippen molar-refractivity contribution < 1.29 is 57.7 Å². The molecule has 0 amide bonds. The maximum absolute atomic E-state index is 10.9. The molecule has 0 fully saturated rings. The van der Waals surface area contributed by atoms with Crippen LogP contribution in [0, 0.1) is 0 Å². The first-order valence-electron chi connectivity index (χ1n) is 7.41. The molecular formula is C12H28BNaO6S. The molecule has 0 unspecified atom stereocenters. The van der Waals surface area contributed by atoms with E-state index in [-0.39, 0.29) is 37.6 Å². The largest absolute Gasteiger partial charge is 1.00 e. The van der Waals surface area contributed by atoms with Crippen LogP contribution < -0.4 is 29.6 Å². The summed E-state index contributed by atoms with van der Waals surface area (Å²) in [7, 11) is -6.66. The number of rotatable bonds is 14. The average molecular weight is 334 g/mol.